The first-order valence-corrected chi connectivity index (χ1v) is 11.7. The smallest absolute Gasteiger partial charge is 0.416 e. The van der Waals surface area contributed by atoms with E-state index >= 15 is 0 Å². The Kier molecular flexibility index (Phi) is 6.85. The van der Waals surface area contributed by atoms with Crippen LogP contribution in [-0.2, 0) is 25.9 Å². The predicted octanol–water partition coefficient (Wildman–Crippen LogP) is 3.86. The van der Waals surface area contributed by atoms with E-state index in [0.717, 1.165) is 30.0 Å². The van der Waals surface area contributed by atoms with Crippen LogP contribution in [-0.4, -0.2) is 52.3 Å². The van der Waals surface area contributed by atoms with Crippen LogP contribution in [0, 0.1) is 0 Å². The van der Waals surface area contributed by atoms with Gasteiger partial charge in [-0.15, -0.1) is 0 Å². The Morgan fingerprint density at radius 1 is 1.16 bits per heavy atom. The lowest BCUT2D eigenvalue weighted by Crippen LogP contribution is -2.36. The lowest BCUT2D eigenvalue weighted by Gasteiger charge is -2.30. The fourth-order valence-electron chi connectivity index (χ4n) is 4.03. The molecule has 174 valence electrons. The highest BCUT2D eigenvalue weighted by atomic mass is 32.2. The lowest BCUT2D eigenvalue weighted by atomic mass is 9.77. The lowest BCUT2D eigenvalue weighted by molar-refractivity contribution is -0.137. The number of hydrogen-bond donors (Lipinski definition) is 0. The van der Waals surface area contributed by atoms with Crippen molar-refractivity contribution in [2.24, 2.45) is 0 Å². The summed E-state index contributed by atoms with van der Waals surface area (Å²) in [6.07, 6.45) is -2.79. The Morgan fingerprint density at radius 3 is 2.44 bits per heavy atom. The molecule has 1 amide bonds. The summed E-state index contributed by atoms with van der Waals surface area (Å²) in [5.74, 6) is -0.518. The molecule has 0 bridgehead atoms. The number of ether oxygens (including phenoxy) is 1. The van der Waals surface area contributed by atoms with E-state index in [1.54, 1.807) is 0 Å². The van der Waals surface area contributed by atoms with Gasteiger partial charge < -0.3 is 9.64 Å². The molecule has 6 nitrogen and oxygen atoms in total. The van der Waals surface area contributed by atoms with Gasteiger partial charge in [-0.1, -0.05) is 30.3 Å². The van der Waals surface area contributed by atoms with Crippen molar-refractivity contribution in [1.29, 1.82) is 0 Å². The number of carbonyl (C=O) groups excluding carboxylic acids is 1. The fraction of sp³-hybridized carbons (Fsp3) is 0.409. The van der Waals surface area contributed by atoms with Crippen LogP contribution in [0.25, 0.3) is 0 Å². The molecule has 10 heteroatoms. The Morgan fingerprint density at radius 2 is 1.84 bits per heavy atom. The average molecular weight is 471 g/mol. The van der Waals surface area contributed by atoms with Crippen molar-refractivity contribution in [3.05, 3.63) is 65.2 Å². The largest absolute Gasteiger partial charge is 0.496 e. The van der Waals surface area contributed by atoms with Crippen LogP contribution in [0.1, 0.15) is 34.3 Å². The van der Waals surface area contributed by atoms with Crippen molar-refractivity contribution in [2.45, 2.75) is 24.4 Å². The van der Waals surface area contributed by atoms with Gasteiger partial charge in [0.2, 0.25) is 0 Å². The number of amides is 1. The first-order chi connectivity index (χ1) is 15.0. The fourth-order valence-corrected chi connectivity index (χ4v) is 4.42. The van der Waals surface area contributed by atoms with Crippen LogP contribution in [0.15, 0.2) is 48.5 Å². The number of rotatable bonds is 7. The van der Waals surface area contributed by atoms with Crippen LogP contribution in [0.4, 0.5) is 13.2 Å². The Balaban J connectivity index is 1.90. The summed E-state index contributed by atoms with van der Waals surface area (Å²) in [6.45, 7) is 0.441. The molecule has 0 N–H and O–H groups in total. The maximum Gasteiger partial charge on any atom is 0.416 e. The zero-order chi connectivity index (χ0) is 23.6. The second kappa shape index (κ2) is 9.11. The van der Waals surface area contributed by atoms with E-state index in [1.165, 1.54) is 12.0 Å². The van der Waals surface area contributed by atoms with Gasteiger partial charge >= 0.3 is 6.18 Å². The van der Waals surface area contributed by atoms with E-state index < -0.39 is 33.2 Å². The molecule has 1 unspecified atom stereocenters. The maximum atomic E-state index is 13.2. The molecule has 1 aliphatic heterocycles. The van der Waals surface area contributed by atoms with Gasteiger partial charge in [0, 0.05) is 18.5 Å². The molecule has 1 atom stereocenters. The van der Waals surface area contributed by atoms with Gasteiger partial charge in [0.1, 0.15) is 5.75 Å². The zero-order valence-electron chi connectivity index (χ0n) is 17.7. The van der Waals surface area contributed by atoms with Crippen LogP contribution in [0.2, 0.25) is 0 Å². The molecular weight excluding hydrogens is 447 g/mol. The van der Waals surface area contributed by atoms with Crippen LogP contribution in [0.5, 0.6) is 5.75 Å². The number of halogens is 3. The number of alkyl halides is 3. The van der Waals surface area contributed by atoms with Gasteiger partial charge in [0.15, 0.2) is 0 Å². The molecule has 3 rings (SSSR count). The highest BCUT2D eigenvalue weighted by Crippen LogP contribution is 2.40. The van der Waals surface area contributed by atoms with Gasteiger partial charge in [-0.3, -0.25) is 8.98 Å². The van der Waals surface area contributed by atoms with E-state index in [2.05, 4.69) is 0 Å². The Hall–Kier alpha value is -2.59. The van der Waals surface area contributed by atoms with E-state index in [-0.39, 0.29) is 24.5 Å². The van der Waals surface area contributed by atoms with E-state index in [4.69, 9.17) is 8.92 Å². The van der Waals surface area contributed by atoms with Crippen molar-refractivity contribution >= 4 is 16.0 Å². The molecule has 32 heavy (non-hydrogen) atoms. The zero-order valence-corrected chi connectivity index (χ0v) is 18.5. The molecule has 0 radical (unpaired) electrons. The monoisotopic (exact) mass is 471 g/mol. The van der Waals surface area contributed by atoms with E-state index in [0.29, 0.717) is 19.4 Å². The summed E-state index contributed by atoms with van der Waals surface area (Å²) in [5.41, 5.74) is -0.782. The van der Waals surface area contributed by atoms with Crippen molar-refractivity contribution in [1.82, 2.24) is 4.90 Å². The average Bonchev–Trinajstić information content (AvgIpc) is 3.17. The molecule has 1 heterocycles. The van der Waals surface area contributed by atoms with Crippen LogP contribution < -0.4 is 4.74 Å². The summed E-state index contributed by atoms with van der Waals surface area (Å²) in [7, 11) is -2.34. The third-order valence-corrected chi connectivity index (χ3v) is 6.26. The molecule has 2 aromatic carbocycles. The van der Waals surface area contributed by atoms with Crippen molar-refractivity contribution in [3.8, 4) is 5.75 Å². The second-order valence-electron chi connectivity index (χ2n) is 7.81. The summed E-state index contributed by atoms with van der Waals surface area (Å²) < 4.78 is 72.4. The second-order valence-corrected chi connectivity index (χ2v) is 9.46. The highest BCUT2D eigenvalue weighted by molar-refractivity contribution is 7.85. The van der Waals surface area contributed by atoms with Gasteiger partial charge in [0.25, 0.3) is 16.0 Å². The van der Waals surface area contributed by atoms with E-state index in [1.807, 2.05) is 30.3 Å². The topological polar surface area (TPSA) is 72.9 Å². The molecule has 1 fully saturated rings. The number of likely N-dealkylation sites (tertiary alicyclic amines) is 1. The Labute approximate surface area is 185 Å². The molecule has 1 aliphatic rings. The highest BCUT2D eigenvalue weighted by Gasteiger charge is 2.42. The number of benzene rings is 2. The molecule has 0 aliphatic carbocycles. The first-order valence-electron chi connectivity index (χ1n) is 9.90. The van der Waals surface area contributed by atoms with Gasteiger partial charge in [-0.05, 0) is 36.6 Å². The van der Waals surface area contributed by atoms with Crippen molar-refractivity contribution in [3.63, 3.8) is 0 Å². The van der Waals surface area contributed by atoms with Gasteiger partial charge in [-0.2, -0.15) is 21.6 Å². The summed E-state index contributed by atoms with van der Waals surface area (Å²) in [4.78, 5) is 14.7. The summed E-state index contributed by atoms with van der Waals surface area (Å²) in [6, 6.07) is 12.1. The minimum atomic E-state index is -4.59. The van der Waals surface area contributed by atoms with Crippen LogP contribution >= 0.6 is 0 Å². The van der Waals surface area contributed by atoms with Gasteiger partial charge in [0.05, 0.1) is 31.1 Å². The van der Waals surface area contributed by atoms with Crippen LogP contribution in [0.3, 0.4) is 0 Å². The number of nitrogens with zero attached hydrogens (tertiary/aromatic N) is 1. The Bertz CT molecular complexity index is 1070. The third kappa shape index (κ3) is 5.42. The maximum absolute atomic E-state index is 13.2. The molecule has 0 aromatic heterocycles. The van der Waals surface area contributed by atoms with E-state index in [9.17, 15) is 26.4 Å². The standard InChI is InChI=1S/C22H24F3NO5S/c1-30-19-9-8-17(22(23,24)25)14-18(19)20(27)26-12-10-21(15-26,11-13-31-32(2,28)29)16-6-4-3-5-7-16/h3-9,14H,10-13,15H2,1-2H3. The van der Waals surface area contributed by atoms with Crippen molar-refractivity contribution < 1.29 is 35.3 Å². The molecule has 2 aromatic rings. The summed E-state index contributed by atoms with van der Waals surface area (Å²) in [5, 5.41) is 0. The van der Waals surface area contributed by atoms with Gasteiger partial charge in [-0.25, -0.2) is 0 Å². The minimum absolute atomic E-state index is 0.0561. The quantitative estimate of drug-likeness (QED) is 0.574. The number of carbonyl (C=O) groups is 1. The predicted molar refractivity (Wildman–Crippen MR) is 112 cm³/mol. The molecule has 1 saturated heterocycles. The molecule has 0 saturated carbocycles. The third-order valence-electron chi connectivity index (χ3n) is 5.66. The SMILES string of the molecule is COc1ccc(C(F)(F)F)cc1C(=O)N1CCC(CCOS(C)(=O)=O)(c2ccccc2)C1. The summed E-state index contributed by atoms with van der Waals surface area (Å²) >= 11 is 0. The molecular formula is C22H24F3NO5S. The number of methoxy groups -OCH3 is 1. The van der Waals surface area contributed by atoms with Crippen molar-refractivity contribution in [2.75, 3.05) is 33.1 Å². The first kappa shape index (κ1) is 24.1. The minimum Gasteiger partial charge on any atom is -0.496 e. The molecule has 0 spiro atoms. The number of hydrogen-bond acceptors (Lipinski definition) is 5. The normalized spacial score (nSPS) is 19.2.